The number of methoxy groups -OCH3 is 1. The van der Waals surface area contributed by atoms with Gasteiger partial charge in [-0.25, -0.2) is 13.2 Å². The fourth-order valence-corrected chi connectivity index (χ4v) is 6.55. The van der Waals surface area contributed by atoms with Crippen molar-refractivity contribution in [2.24, 2.45) is 0 Å². The van der Waals surface area contributed by atoms with Crippen LogP contribution in [0.2, 0.25) is 0 Å². The minimum atomic E-state index is -0.659. The van der Waals surface area contributed by atoms with Gasteiger partial charge in [-0.2, -0.15) is 0 Å². The number of halogens is 3. The van der Waals surface area contributed by atoms with Gasteiger partial charge < -0.3 is 10.1 Å². The number of aromatic nitrogens is 1. The first-order valence-electron chi connectivity index (χ1n) is 12.7. The lowest BCUT2D eigenvalue weighted by molar-refractivity contribution is 0.387. The Labute approximate surface area is 229 Å². The Morgan fingerprint density at radius 2 is 1.69 bits per heavy atom. The number of hydrogen-bond donors (Lipinski definition) is 1. The van der Waals surface area contributed by atoms with Crippen molar-refractivity contribution in [1.82, 2.24) is 9.88 Å². The summed E-state index contributed by atoms with van der Waals surface area (Å²) in [6.07, 6.45) is -0.0606. The van der Waals surface area contributed by atoms with Crippen LogP contribution in [0.15, 0.2) is 70.5 Å². The van der Waals surface area contributed by atoms with E-state index in [0.717, 1.165) is 5.56 Å². The zero-order chi connectivity index (χ0) is 27.7. The molecule has 0 saturated heterocycles. The molecular weight excluding hydrogens is 521 g/mol. The standard InChI is InChI=1S/C31H29F3N2O2S/c1-18-8-4-5-9-20(18)15-35-16-21-17-39-31-23(14-24-25(32)11-7-12-26(24)33)19(2)28(30(37)36(21)31)22-10-6-13-27(38-3)29(22)34/h4-13,21,35H,14-17H2,1-3H3. The second-order valence-electron chi connectivity index (χ2n) is 9.68. The van der Waals surface area contributed by atoms with E-state index in [9.17, 15) is 13.6 Å². The maximum absolute atomic E-state index is 15.5. The Hall–Kier alpha value is -3.49. The van der Waals surface area contributed by atoms with Crippen molar-refractivity contribution in [1.29, 1.82) is 0 Å². The van der Waals surface area contributed by atoms with Gasteiger partial charge in [0.15, 0.2) is 11.6 Å². The predicted octanol–water partition coefficient (Wildman–Crippen LogP) is 6.59. The number of benzene rings is 3. The summed E-state index contributed by atoms with van der Waals surface area (Å²) >= 11 is 1.49. The van der Waals surface area contributed by atoms with Crippen LogP contribution in [0.5, 0.6) is 5.75 Å². The molecule has 4 aromatic rings. The maximum Gasteiger partial charge on any atom is 0.260 e. The van der Waals surface area contributed by atoms with E-state index < -0.39 is 17.5 Å². The van der Waals surface area contributed by atoms with Gasteiger partial charge in [0.1, 0.15) is 11.6 Å². The topological polar surface area (TPSA) is 43.3 Å². The van der Waals surface area contributed by atoms with Crippen LogP contribution in [-0.2, 0) is 13.0 Å². The largest absolute Gasteiger partial charge is 0.494 e. The molecule has 0 spiro atoms. The molecule has 3 aromatic carbocycles. The molecule has 0 fully saturated rings. The second kappa shape index (κ2) is 11.3. The van der Waals surface area contributed by atoms with Crippen LogP contribution in [0.4, 0.5) is 13.2 Å². The van der Waals surface area contributed by atoms with Gasteiger partial charge >= 0.3 is 0 Å². The first-order chi connectivity index (χ1) is 18.8. The Morgan fingerprint density at radius 3 is 2.41 bits per heavy atom. The minimum absolute atomic E-state index is 0.0179. The number of fused-ring (bicyclic) bond motifs is 1. The summed E-state index contributed by atoms with van der Waals surface area (Å²) in [5, 5.41) is 4.12. The van der Waals surface area contributed by atoms with Crippen LogP contribution in [0.3, 0.4) is 0 Å². The van der Waals surface area contributed by atoms with Crippen molar-refractivity contribution in [3.05, 3.63) is 116 Å². The van der Waals surface area contributed by atoms with Gasteiger partial charge in [0, 0.05) is 36.4 Å². The molecule has 0 aliphatic carbocycles. The van der Waals surface area contributed by atoms with E-state index in [4.69, 9.17) is 4.74 Å². The van der Waals surface area contributed by atoms with E-state index in [0.29, 0.717) is 35.0 Å². The summed E-state index contributed by atoms with van der Waals surface area (Å²) in [6, 6.07) is 16.3. The molecule has 202 valence electrons. The third-order valence-electron chi connectivity index (χ3n) is 7.34. The summed E-state index contributed by atoms with van der Waals surface area (Å²) in [6.45, 7) is 4.91. The fraction of sp³-hybridized carbons (Fsp3) is 0.258. The number of rotatable bonds is 8. The van der Waals surface area contributed by atoms with Crippen LogP contribution < -0.4 is 15.6 Å². The molecule has 2 heterocycles. The van der Waals surface area contributed by atoms with Gasteiger partial charge in [-0.1, -0.05) is 42.5 Å². The normalized spacial score (nSPS) is 14.5. The van der Waals surface area contributed by atoms with E-state index >= 15 is 4.39 Å². The van der Waals surface area contributed by atoms with Crippen molar-refractivity contribution in [3.63, 3.8) is 0 Å². The summed E-state index contributed by atoms with van der Waals surface area (Å²) < 4.78 is 51.7. The number of ether oxygens (including phenoxy) is 1. The maximum atomic E-state index is 15.5. The molecule has 0 bridgehead atoms. The number of hydrogen-bond acceptors (Lipinski definition) is 4. The quantitative estimate of drug-likeness (QED) is 0.269. The second-order valence-corrected chi connectivity index (χ2v) is 10.7. The molecule has 1 N–H and O–H groups in total. The van der Waals surface area contributed by atoms with Gasteiger partial charge in [-0.15, -0.1) is 11.8 Å². The number of nitrogens with one attached hydrogen (secondary N) is 1. The third kappa shape index (κ3) is 5.11. The van der Waals surface area contributed by atoms with Crippen molar-refractivity contribution < 1.29 is 17.9 Å². The molecule has 1 aliphatic rings. The average molecular weight is 551 g/mol. The zero-order valence-corrected chi connectivity index (χ0v) is 22.8. The lowest BCUT2D eigenvalue weighted by atomic mass is 9.94. The van der Waals surface area contributed by atoms with Crippen LogP contribution in [0.25, 0.3) is 11.1 Å². The first-order valence-corrected chi connectivity index (χ1v) is 13.7. The van der Waals surface area contributed by atoms with Gasteiger partial charge in [0.25, 0.3) is 5.56 Å². The predicted molar refractivity (Wildman–Crippen MR) is 149 cm³/mol. The minimum Gasteiger partial charge on any atom is -0.494 e. The first kappa shape index (κ1) is 27.1. The van der Waals surface area contributed by atoms with E-state index in [-0.39, 0.29) is 40.5 Å². The molecule has 39 heavy (non-hydrogen) atoms. The Bertz CT molecular complexity index is 1580. The molecule has 0 amide bonds. The highest BCUT2D eigenvalue weighted by Gasteiger charge is 2.32. The van der Waals surface area contributed by atoms with E-state index in [1.54, 1.807) is 17.6 Å². The van der Waals surface area contributed by atoms with Gasteiger partial charge in [-0.05, 0) is 54.3 Å². The summed E-state index contributed by atoms with van der Waals surface area (Å²) in [5.74, 6) is -1.35. The molecular formula is C31H29F3N2O2S. The van der Waals surface area contributed by atoms with E-state index in [1.165, 1.54) is 54.8 Å². The van der Waals surface area contributed by atoms with Crippen LogP contribution in [-0.4, -0.2) is 24.0 Å². The smallest absolute Gasteiger partial charge is 0.260 e. The Kier molecular flexibility index (Phi) is 7.86. The van der Waals surface area contributed by atoms with Gasteiger partial charge in [0.2, 0.25) is 0 Å². The summed E-state index contributed by atoms with van der Waals surface area (Å²) in [5.41, 5.74) is 3.31. The molecule has 0 saturated carbocycles. The molecule has 0 radical (unpaired) electrons. The van der Waals surface area contributed by atoms with Crippen LogP contribution in [0.1, 0.15) is 33.9 Å². The molecule has 1 unspecified atom stereocenters. The molecule has 1 atom stereocenters. The number of aryl methyl sites for hydroxylation is 1. The van der Waals surface area contributed by atoms with Crippen LogP contribution >= 0.6 is 11.8 Å². The summed E-state index contributed by atoms with van der Waals surface area (Å²) in [4.78, 5) is 14.0. The third-order valence-corrected chi connectivity index (χ3v) is 8.61. The van der Waals surface area contributed by atoms with Crippen LogP contribution in [0, 0.1) is 31.3 Å². The SMILES string of the molecule is COc1cccc(-c2c(C)c(Cc3c(F)cccc3F)c3n(c2=O)C(CNCc2ccccc2C)CS3)c1F. The van der Waals surface area contributed by atoms with Crippen molar-refractivity contribution >= 4 is 11.8 Å². The van der Waals surface area contributed by atoms with Gasteiger partial charge in [0.05, 0.1) is 23.7 Å². The average Bonchev–Trinajstić information content (AvgIpc) is 3.34. The highest BCUT2D eigenvalue weighted by molar-refractivity contribution is 7.99. The monoisotopic (exact) mass is 550 g/mol. The highest BCUT2D eigenvalue weighted by atomic mass is 32.2. The van der Waals surface area contributed by atoms with Gasteiger partial charge in [-0.3, -0.25) is 9.36 Å². The summed E-state index contributed by atoms with van der Waals surface area (Å²) in [7, 11) is 1.36. The van der Waals surface area contributed by atoms with Crippen molar-refractivity contribution in [2.75, 3.05) is 19.4 Å². The van der Waals surface area contributed by atoms with Crippen molar-refractivity contribution in [3.8, 4) is 16.9 Å². The lowest BCUT2D eigenvalue weighted by Crippen LogP contribution is -2.33. The highest BCUT2D eigenvalue weighted by Crippen LogP contribution is 2.40. The lowest BCUT2D eigenvalue weighted by Gasteiger charge is -2.21. The zero-order valence-electron chi connectivity index (χ0n) is 22.0. The molecule has 4 nitrogen and oxygen atoms in total. The fourth-order valence-electron chi connectivity index (χ4n) is 5.16. The molecule has 1 aromatic heterocycles. The Balaban J connectivity index is 1.62. The molecule has 8 heteroatoms. The number of nitrogens with zero attached hydrogens (tertiary/aromatic N) is 1. The number of thioether (sulfide) groups is 1. The van der Waals surface area contributed by atoms with E-state index in [1.807, 2.05) is 25.1 Å². The number of pyridine rings is 1. The van der Waals surface area contributed by atoms with Crippen molar-refractivity contribution in [2.45, 2.75) is 37.9 Å². The van der Waals surface area contributed by atoms with E-state index in [2.05, 4.69) is 11.4 Å². The Morgan fingerprint density at radius 1 is 0.974 bits per heavy atom. The molecule has 5 rings (SSSR count). The molecule has 1 aliphatic heterocycles.